The van der Waals surface area contributed by atoms with Crippen molar-refractivity contribution in [2.75, 3.05) is 31.6 Å². The summed E-state index contributed by atoms with van der Waals surface area (Å²) in [7, 11) is 0. The molecule has 0 amide bonds. The summed E-state index contributed by atoms with van der Waals surface area (Å²) in [6.45, 7) is 9.90. The normalized spacial score (nSPS) is 12.0. The van der Waals surface area contributed by atoms with Crippen molar-refractivity contribution >= 4 is 11.8 Å². The van der Waals surface area contributed by atoms with Crippen molar-refractivity contribution in [2.24, 2.45) is 0 Å². The Morgan fingerprint density at radius 3 is 2.29 bits per heavy atom. The van der Waals surface area contributed by atoms with E-state index in [2.05, 4.69) is 37.7 Å². The molecule has 2 nitrogen and oxygen atoms in total. The Morgan fingerprint density at radius 1 is 1.00 bits per heavy atom. The van der Waals surface area contributed by atoms with Crippen LogP contribution in [0.4, 0.5) is 0 Å². The van der Waals surface area contributed by atoms with Gasteiger partial charge in [-0.2, -0.15) is 11.8 Å². The molecule has 0 radical (unpaired) electrons. The second kappa shape index (κ2) is 8.57. The van der Waals surface area contributed by atoms with Gasteiger partial charge in [-0.25, -0.2) is 0 Å². The third kappa shape index (κ3) is 12.3. The van der Waals surface area contributed by atoms with Gasteiger partial charge in [0.1, 0.15) is 0 Å². The maximum Gasteiger partial charge on any atom is 0.00970 e. The number of hydrogen-bond donors (Lipinski definition) is 2. The molecule has 0 aromatic carbocycles. The highest BCUT2D eigenvalue weighted by Crippen LogP contribution is 1.98. The Kier molecular flexibility index (Phi) is 8.73. The van der Waals surface area contributed by atoms with E-state index in [1.54, 1.807) is 0 Å². The Hall–Kier alpha value is 0.270. The molecule has 0 atom stereocenters. The summed E-state index contributed by atoms with van der Waals surface area (Å²) in [5, 5.41) is 6.90. The molecular formula is C11H26N2S. The molecule has 0 aliphatic rings. The lowest BCUT2D eigenvalue weighted by Gasteiger charge is -2.20. The lowest BCUT2D eigenvalue weighted by molar-refractivity contribution is 0.421. The van der Waals surface area contributed by atoms with Crippen molar-refractivity contribution in [3.05, 3.63) is 0 Å². The number of unbranched alkanes of at least 4 members (excludes halogenated alkanes) is 1. The van der Waals surface area contributed by atoms with Gasteiger partial charge in [0.05, 0.1) is 0 Å². The number of thioether (sulfide) groups is 1. The van der Waals surface area contributed by atoms with Crippen LogP contribution in [0.5, 0.6) is 0 Å². The highest BCUT2D eigenvalue weighted by atomic mass is 32.2. The van der Waals surface area contributed by atoms with E-state index in [1.165, 1.54) is 18.6 Å². The lowest BCUT2D eigenvalue weighted by atomic mass is 10.1. The summed E-state index contributed by atoms with van der Waals surface area (Å²) in [6.07, 6.45) is 4.80. The van der Waals surface area contributed by atoms with Gasteiger partial charge in [0, 0.05) is 18.6 Å². The molecule has 0 unspecified atom stereocenters. The van der Waals surface area contributed by atoms with Gasteiger partial charge in [-0.3, -0.25) is 0 Å². The molecule has 0 aromatic rings. The van der Waals surface area contributed by atoms with Gasteiger partial charge in [0.2, 0.25) is 0 Å². The van der Waals surface area contributed by atoms with Gasteiger partial charge in [0.25, 0.3) is 0 Å². The Labute approximate surface area is 93.6 Å². The van der Waals surface area contributed by atoms with Crippen LogP contribution in [-0.4, -0.2) is 37.2 Å². The van der Waals surface area contributed by atoms with Crippen molar-refractivity contribution in [1.82, 2.24) is 10.6 Å². The van der Waals surface area contributed by atoms with E-state index in [0.717, 1.165) is 19.6 Å². The summed E-state index contributed by atoms with van der Waals surface area (Å²) in [4.78, 5) is 0. The van der Waals surface area contributed by atoms with E-state index >= 15 is 0 Å². The van der Waals surface area contributed by atoms with E-state index < -0.39 is 0 Å². The summed E-state index contributed by atoms with van der Waals surface area (Å²) in [6, 6.07) is 0. The molecule has 0 saturated carbocycles. The van der Waals surface area contributed by atoms with Gasteiger partial charge in [-0.05, 0) is 52.2 Å². The van der Waals surface area contributed by atoms with Gasteiger partial charge >= 0.3 is 0 Å². The molecule has 0 aliphatic heterocycles. The van der Waals surface area contributed by atoms with Gasteiger partial charge in [-0.1, -0.05) is 0 Å². The molecule has 3 heteroatoms. The van der Waals surface area contributed by atoms with Crippen LogP contribution in [0.1, 0.15) is 33.6 Å². The third-order valence-electron chi connectivity index (χ3n) is 1.91. The van der Waals surface area contributed by atoms with E-state index in [1.807, 2.05) is 11.8 Å². The molecule has 14 heavy (non-hydrogen) atoms. The average Bonchev–Trinajstić information content (AvgIpc) is 2.08. The zero-order chi connectivity index (χ0) is 10.9. The van der Waals surface area contributed by atoms with Crippen LogP contribution in [0.3, 0.4) is 0 Å². The first-order valence-electron chi connectivity index (χ1n) is 5.51. The van der Waals surface area contributed by atoms with Crippen LogP contribution >= 0.6 is 11.8 Å². The summed E-state index contributed by atoms with van der Waals surface area (Å²) in [5.74, 6) is 1.29. The summed E-state index contributed by atoms with van der Waals surface area (Å²) in [5.41, 5.74) is 0.251. The molecule has 0 bridgehead atoms. The van der Waals surface area contributed by atoms with Crippen LogP contribution in [0.15, 0.2) is 0 Å². The maximum atomic E-state index is 3.46. The van der Waals surface area contributed by atoms with Gasteiger partial charge < -0.3 is 10.6 Å². The van der Waals surface area contributed by atoms with Crippen molar-refractivity contribution in [2.45, 2.75) is 39.2 Å². The minimum atomic E-state index is 0.251. The lowest BCUT2D eigenvalue weighted by Crippen LogP contribution is -2.40. The number of rotatable bonds is 8. The fourth-order valence-corrected chi connectivity index (χ4v) is 1.64. The van der Waals surface area contributed by atoms with Crippen LogP contribution < -0.4 is 10.6 Å². The smallest absolute Gasteiger partial charge is 0.00970 e. The van der Waals surface area contributed by atoms with Crippen molar-refractivity contribution in [3.63, 3.8) is 0 Å². The molecule has 0 rings (SSSR count). The van der Waals surface area contributed by atoms with E-state index in [4.69, 9.17) is 0 Å². The Morgan fingerprint density at radius 2 is 1.71 bits per heavy atom. The molecular weight excluding hydrogens is 192 g/mol. The zero-order valence-electron chi connectivity index (χ0n) is 10.2. The second-order valence-electron chi connectivity index (χ2n) is 4.63. The SMILES string of the molecule is CSCCCCNCCNC(C)(C)C. The average molecular weight is 218 g/mol. The molecule has 0 saturated heterocycles. The maximum absolute atomic E-state index is 3.46. The molecule has 2 N–H and O–H groups in total. The predicted molar refractivity (Wildman–Crippen MR) is 68.2 cm³/mol. The zero-order valence-corrected chi connectivity index (χ0v) is 11.0. The van der Waals surface area contributed by atoms with E-state index in [9.17, 15) is 0 Å². The Bertz CT molecular complexity index is 121. The Balaban J connectivity index is 2.99. The molecule has 0 fully saturated rings. The highest BCUT2D eigenvalue weighted by Gasteiger charge is 2.06. The van der Waals surface area contributed by atoms with Gasteiger partial charge in [0.15, 0.2) is 0 Å². The summed E-state index contributed by atoms with van der Waals surface area (Å²) >= 11 is 1.93. The second-order valence-corrected chi connectivity index (χ2v) is 5.61. The fourth-order valence-electron chi connectivity index (χ4n) is 1.15. The minimum Gasteiger partial charge on any atom is -0.315 e. The van der Waals surface area contributed by atoms with Crippen LogP contribution in [-0.2, 0) is 0 Å². The standard InChI is InChI=1S/C11H26N2S/c1-11(2,3)13-9-8-12-7-5-6-10-14-4/h12-13H,5-10H2,1-4H3. The largest absolute Gasteiger partial charge is 0.315 e. The van der Waals surface area contributed by atoms with Gasteiger partial charge in [-0.15, -0.1) is 0 Å². The topological polar surface area (TPSA) is 24.1 Å². The monoisotopic (exact) mass is 218 g/mol. The third-order valence-corrected chi connectivity index (χ3v) is 2.61. The molecule has 0 heterocycles. The number of hydrogen-bond acceptors (Lipinski definition) is 3. The van der Waals surface area contributed by atoms with Crippen molar-refractivity contribution in [1.29, 1.82) is 0 Å². The highest BCUT2D eigenvalue weighted by molar-refractivity contribution is 7.98. The van der Waals surface area contributed by atoms with Crippen LogP contribution in [0.25, 0.3) is 0 Å². The minimum absolute atomic E-state index is 0.251. The van der Waals surface area contributed by atoms with Crippen LogP contribution in [0, 0.1) is 0 Å². The van der Waals surface area contributed by atoms with Crippen molar-refractivity contribution < 1.29 is 0 Å². The van der Waals surface area contributed by atoms with E-state index in [-0.39, 0.29) is 5.54 Å². The first-order chi connectivity index (χ1) is 6.56. The van der Waals surface area contributed by atoms with Crippen LogP contribution in [0.2, 0.25) is 0 Å². The van der Waals surface area contributed by atoms with E-state index in [0.29, 0.717) is 0 Å². The first-order valence-corrected chi connectivity index (χ1v) is 6.90. The summed E-state index contributed by atoms with van der Waals surface area (Å²) < 4.78 is 0. The molecule has 0 aromatic heterocycles. The predicted octanol–water partition coefficient (Wildman–Crippen LogP) is 2.11. The molecule has 0 aliphatic carbocycles. The van der Waals surface area contributed by atoms with Crippen molar-refractivity contribution in [3.8, 4) is 0 Å². The molecule has 86 valence electrons. The number of nitrogens with one attached hydrogen (secondary N) is 2. The fraction of sp³-hybridized carbons (Fsp3) is 1.00. The first kappa shape index (κ1) is 14.3. The molecule has 0 spiro atoms. The quantitative estimate of drug-likeness (QED) is 0.610.